The van der Waals surface area contributed by atoms with E-state index in [1.54, 1.807) is 6.92 Å². The lowest BCUT2D eigenvalue weighted by molar-refractivity contribution is -0.119. The maximum atomic E-state index is 11.0. The standard InChI is InChI=1S/C12H15NO/c1-8-11-6-4-3-5-10(11)7-12(8)13-9(2)14/h3-6,8,12H,7H2,1-2H3,(H,13,14)/t8-,12-/m0/s1. The van der Waals surface area contributed by atoms with Gasteiger partial charge in [-0.3, -0.25) is 4.79 Å². The molecule has 74 valence electrons. The molecular formula is C12H15NO. The molecule has 14 heavy (non-hydrogen) atoms. The first-order valence-electron chi connectivity index (χ1n) is 5.03. The third kappa shape index (κ3) is 1.52. The molecule has 2 heteroatoms. The summed E-state index contributed by atoms with van der Waals surface area (Å²) in [6.45, 7) is 3.75. The molecule has 1 aliphatic rings. The number of hydrogen-bond donors (Lipinski definition) is 1. The molecule has 0 spiro atoms. The number of benzene rings is 1. The SMILES string of the molecule is CC(=O)N[C@H]1Cc2ccccc2[C@@H]1C. The molecule has 0 unspecified atom stereocenters. The Kier molecular flexibility index (Phi) is 2.28. The Hall–Kier alpha value is -1.31. The zero-order valence-corrected chi connectivity index (χ0v) is 8.58. The normalized spacial score (nSPS) is 24.4. The van der Waals surface area contributed by atoms with E-state index in [4.69, 9.17) is 0 Å². The summed E-state index contributed by atoms with van der Waals surface area (Å²) in [5, 5.41) is 3.00. The van der Waals surface area contributed by atoms with Gasteiger partial charge in [-0.1, -0.05) is 31.2 Å². The topological polar surface area (TPSA) is 29.1 Å². The van der Waals surface area contributed by atoms with Crippen molar-refractivity contribution in [3.05, 3.63) is 35.4 Å². The van der Waals surface area contributed by atoms with E-state index in [0.29, 0.717) is 5.92 Å². The third-order valence-electron chi connectivity index (χ3n) is 2.98. The molecule has 1 aromatic rings. The molecule has 2 rings (SSSR count). The minimum Gasteiger partial charge on any atom is -0.353 e. The summed E-state index contributed by atoms with van der Waals surface area (Å²) in [6, 6.07) is 8.70. The van der Waals surface area contributed by atoms with Gasteiger partial charge in [0, 0.05) is 18.9 Å². The Labute approximate surface area is 84.3 Å². The molecule has 0 aliphatic heterocycles. The van der Waals surface area contributed by atoms with Crippen LogP contribution in [0.4, 0.5) is 0 Å². The van der Waals surface area contributed by atoms with E-state index in [2.05, 4.69) is 36.5 Å². The molecule has 1 aliphatic carbocycles. The average Bonchev–Trinajstić information content (AvgIpc) is 2.44. The maximum absolute atomic E-state index is 11.0. The molecule has 0 radical (unpaired) electrons. The molecule has 1 amide bonds. The van der Waals surface area contributed by atoms with Gasteiger partial charge < -0.3 is 5.32 Å². The Bertz CT molecular complexity index is 359. The Morgan fingerprint density at radius 3 is 2.79 bits per heavy atom. The summed E-state index contributed by atoms with van der Waals surface area (Å²) in [5.74, 6) is 0.504. The van der Waals surface area contributed by atoms with E-state index in [9.17, 15) is 4.79 Å². The van der Waals surface area contributed by atoms with Crippen LogP contribution in [0.25, 0.3) is 0 Å². The van der Waals surface area contributed by atoms with Gasteiger partial charge in [-0.25, -0.2) is 0 Å². The second-order valence-electron chi connectivity index (χ2n) is 4.00. The van der Waals surface area contributed by atoms with Crippen molar-refractivity contribution in [3.8, 4) is 0 Å². The van der Waals surface area contributed by atoms with Crippen LogP contribution < -0.4 is 5.32 Å². The van der Waals surface area contributed by atoms with Gasteiger partial charge >= 0.3 is 0 Å². The summed E-state index contributed by atoms with van der Waals surface area (Å²) >= 11 is 0. The van der Waals surface area contributed by atoms with Crippen LogP contribution in [-0.4, -0.2) is 11.9 Å². The van der Waals surface area contributed by atoms with Crippen LogP contribution in [0.3, 0.4) is 0 Å². The highest BCUT2D eigenvalue weighted by atomic mass is 16.1. The lowest BCUT2D eigenvalue weighted by Crippen LogP contribution is -2.35. The van der Waals surface area contributed by atoms with Crippen LogP contribution in [0.2, 0.25) is 0 Å². The lowest BCUT2D eigenvalue weighted by atomic mass is 10.0. The minimum absolute atomic E-state index is 0.0645. The number of nitrogens with one attached hydrogen (secondary N) is 1. The average molecular weight is 189 g/mol. The first kappa shape index (κ1) is 9.25. The predicted octanol–water partition coefficient (Wildman–Crippen LogP) is 1.85. The second-order valence-corrected chi connectivity index (χ2v) is 4.00. The number of carbonyl (C=O) groups excluding carboxylic acids is 1. The smallest absolute Gasteiger partial charge is 0.217 e. The van der Waals surface area contributed by atoms with E-state index in [1.807, 2.05) is 0 Å². The maximum Gasteiger partial charge on any atom is 0.217 e. The quantitative estimate of drug-likeness (QED) is 0.717. The van der Waals surface area contributed by atoms with Crippen LogP contribution in [0, 0.1) is 0 Å². The zero-order chi connectivity index (χ0) is 10.1. The fourth-order valence-corrected chi connectivity index (χ4v) is 2.23. The summed E-state index contributed by atoms with van der Waals surface area (Å²) in [4.78, 5) is 11.0. The molecule has 0 bridgehead atoms. The van der Waals surface area contributed by atoms with Gasteiger partial charge in [0.2, 0.25) is 5.91 Å². The van der Waals surface area contributed by atoms with Gasteiger partial charge in [0.05, 0.1) is 0 Å². The van der Waals surface area contributed by atoms with Crippen molar-refractivity contribution in [2.45, 2.75) is 32.2 Å². The number of rotatable bonds is 1. The van der Waals surface area contributed by atoms with Crippen molar-refractivity contribution in [1.82, 2.24) is 5.32 Å². The molecule has 0 heterocycles. The number of fused-ring (bicyclic) bond motifs is 1. The van der Waals surface area contributed by atoms with Crippen molar-refractivity contribution in [2.75, 3.05) is 0 Å². The predicted molar refractivity (Wildman–Crippen MR) is 56.2 cm³/mol. The van der Waals surface area contributed by atoms with Crippen LogP contribution in [0.5, 0.6) is 0 Å². The highest BCUT2D eigenvalue weighted by molar-refractivity contribution is 5.73. The van der Waals surface area contributed by atoms with Crippen molar-refractivity contribution in [3.63, 3.8) is 0 Å². The molecule has 2 atom stereocenters. The molecule has 1 aromatic carbocycles. The molecule has 0 aromatic heterocycles. The summed E-state index contributed by atoms with van der Waals surface area (Å²) in [6.07, 6.45) is 0.969. The number of hydrogen-bond acceptors (Lipinski definition) is 1. The largest absolute Gasteiger partial charge is 0.353 e. The highest BCUT2D eigenvalue weighted by Gasteiger charge is 2.28. The molecule has 0 saturated carbocycles. The third-order valence-corrected chi connectivity index (χ3v) is 2.98. The summed E-state index contributed by atoms with van der Waals surface area (Å²) < 4.78 is 0. The first-order chi connectivity index (χ1) is 6.68. The second kappa shape index (κ2) is 3.45. The van der Waals surface area contributed by atoms with Crippen LogP contribution in [-0.2, 0) is 11.2 Å². The van der Waals surface area contributed by atoms with Crippen molar-refractivity contribution < 1.29 is 4.79 Å². The van der Waals surface area contributed by atoms with Crippen LogP contribution >= 0.6 is 0 Å². The summed E-state index contributed by atoms with van der Waals surface area (Å²) in [7, 11) is 0. The molecule has 0 fully saturated rings. The minimum atomic E-state index is 0.0645. The Morgan fingerprint density at radius 2 is 2.14 bits per heavy atom. The highest BCUT2D eigenvalue weighted by Crippen LogP contribution is 2.32. The first-order valence-corrected chi connectivity index (χ1v) is 5.03. The molecule has 2 nitrogen and oxygen atoms in total. The molecule has 0 saturated heterocycles. The van der Waals surface area contributed by atoms with E-state index >= 15 is 0 Å². The Morgan fingerprint density at radius 1 is 1.43 bits per heavy atom. The molecular weight excluding hydrogens is 174 g/mol. The van der Waals surface area contributed by atoms with E-state index in [1.165, 1.54) is 11.1 Å². The number of amides is 1. The summed E-state index contributed by atoms with van der Waals surface area (Å²) in [5.41, 5.74) is 2.75. The van der Waals surface area contributed by atoms with Gasteiger partial charge in [-0.2, -0.15) is 0 Å². The van der Waals surface area contributed by atoms with Crippen molar-refractivity contribution in [1.29, 1.82) is 0 Å². The van der Waals surface area contributed by atoms with Crippen LogP contribution in [0.15, 0.2) is 24.3 Å². The van der Waals surface area contributed by atoms with Crippen molar-refractivity contribution >= 4 is 5.91 Å². The van der Waals surface area contributed by atoms with Crippen molar-refractivity contribution in [2.24, 2.45) is 0 Å². The fourth-order valence-electron chi connectivity index (χ4n) is 2.23. The van der Waals surface area contributed by atoms with Gasteiger partial charge in [0.15, 0.2) is 0 Å². The van der Waals surface area contributed by atoms with Gasteiger partial charge in [-0.15, -0.1) is 0 Å². The van der Waals surface area contributed by atoms with E-state index in [-0.39, 0.29) is 11.9 Å². The van der Waals surface area contributed by atoms with E-state index in [0.717, 1.165) is 6.42 Å². The lowest BCUT2D eigenvalue weighted by Gasteiger charge is -2.16. The number of carbonyl (C=O) groups is 1. The fraction of sp³-hybridized carbons (Fsp3) is 0.417. The zero-order valence-electron chi connectivity index (χ0n) is 8.58. The van der Waals surface area contributed by atoms with Gasteiger partial charge in [0.1, 0.15) is 0 Å². The molecule has 1 N–H and O–H groups in total. The van der Waals surface area contributed by atoms with Crippen LogP contribution in [0.1, 0.15) is 30.9 Å². The Balaban J connectivity index is 2.21. The van der Waals surface area contributed by atoms with E-state index < -0.39 is 0 Å². The monoisotopic (exact) mass is 189 g/mol. The van der Waals surface area contributed by atoms with Gasteiger partial charge in [0.25, 0.3) is 0 Å². The van der Waals surface area contributed by atoms with Gasteiger partial charge in [-0.05, 0) is 17.5 Å².